The fourth-order valence-electron chi connectivity index (χ4n) is 4.14. The Morgan fingerprint density at radius 2 is 1.88 bits per heavy atom. The van der Waals surface area contributed by atoms with Gasteiger partial charge in [0.05, 0.1) is 0 Å². The second-order valence-electron chi connectivity index (χ2n) is 7.08. The summed E-state index contributed by atoms with van der Waals surface area (Å²) >= 11 is 0. The van der Waals surface area contributed by atoms with E-state index in [1.807, 2.05) is 12.1 Å². The first-order valence-corrected chi connectivity index (χ1v) is 8.97. The minimum absolute atomic E-state index is 0.344. The van der Waals surface area contributed by atoms with Crippen LogP contribution in [0.25, 0.3) is 0 Å². The molecule has 0 bridgehead atoms. The summed E-state index contributed by atoms with van der Waals surface area (Å²) in [5.41, 5.74) is 11.6. The molecule has 2 N–H and O–H groups in total. The molecule has 1 amide bonds. The molecule has 4 rings (SSSR count). The summed E-state index contributed by atoms with van der Waals surface area (Å²) in [5, 5.41) is 0. The predicted molar refractivity (Wildman–Crippen MR) is 97.6 cm³/mol. The van der Waals surface area contributed by atoms with Gasteiger partial charge >= 0.3 is 0 Å². The molecule has 1 aliphatic heterocycles. The number of nitrogens with zero attached hydrogens (tertiary/aromatic N) is 1. The van der Waals surface area contributed by atoms with E-state index in [4.69, 9.17) is 5.73 Å². The lowest BCUT2D eigenvalue weighted by Gasteiger charge is -2.27. The van der Waals surface area contributed by atoms with E-state index in [0.29, 0.717) is 11.5 Å². The number of rotatable bonds is 3. The van der Waals surface area contributed by atoms with Crippen LogP contribution < -0.4 is 10.6 Å². The van der Waals surface area contributed by atoms with Crippen molar-refractivity contribution in [2.45, 2.75) is 38.0 Å². The van der Waals surface area contributed by atoms with E-state index in [0.717, 1.165) is 19.3 Å². The highest BCUT2D eigenvalue weighted by Crippen LogP contribution is 2.35. The average Bonchev–Trinajstić information content (AvgIpc) is 3.15. The number of amides is 1. The quantitative estimate of drug-likeness (QED) is 0.938. The minimum atomic E-state index is -0.344. The standard InChI is InChI=1S/C21H24N2O/c22-21(24)19-5-3-4-15(13-19)16-6-7-18-14-20(9-8-17(18)12-16)23-10-1-2-11-23/h3-5,8-9,13-14,16H,1-2,6-7,10-12H2,(H2,22,24)/t16-/m1/s1. The van der Waals surface area contributed by atoms with Gasteiger partial charge in [0.1, 0.15) is 0 Å². The van der Waals surface area contributed by atoms with E-state index in [9.17, 15) is 4.79 Å². The monoisotopic (exact) mass is 320 g/mol. The highest BCUT2D eigenvalue weighted by Gasteiger charge is 2.22. The van der Waals surface area contributed by atoms with Crippen LogP contribution in [0.4, 0.5) is 5.69 Å². The van der Waals surface area contributed by atoms with Crippen LogP contribution in [0.1, 0.15) is 52.2 Å². The molecule has 1 heterocycles. The number of anilines is 1. The molecule has 1 saturated heterocycles. The first-order valence-electron chi connectivity index (χ1n) is 8.97. The summed E-state index contributed by atoms with van der Waals surface area (Å²) in [6, 6.07) is 14.8. The number of fused-ring (bicyclic) bond motifs is 1. The Kier molecular flexibility index (Phi) is 4.01. The van der Waals surface area contributed by atoms with Crippen LogP contribution in [0.3, 0.4) is 0 Å². The number of benzene rings is 2. The van der Waals surface area contributed by atoms with Crippen molar-refractivity contribution < 1.29 is 4.79 Å². The molecule has 124 valence electrons. The van der Waals surface area contributed by atoms with Gasteiger partial charge in [0.15, 0.2) is 0 Å². The SMILES string of the molecule is NC(=O)c1cccc([C@@H]2CCc3cc(N4CCCC4)ccc3C2)c1. The lowest BCUT2D eigenvalue weighted by atomic mass is 9.79. The van der Waals surface area contributed by atoms with Crippen LogP contribution in [0.15, 0.2) is 42.5 Å². The van der Waals surface area contributed by atoms with Gasteiger partial charge in [0.2, 0.25) is 5.91 Å². The third-order valence-corrected chi connectivity index (χ3v) is 5.53. The molecule has 0 radical (unpaired) electrons. The zero-order valence-electron chi connectivity index (χ0n) is 14.0. The fourth-order valence-corrected chi connectivity index (χ4v) is 4.14. The fraction of sp³-hybridized carbons (Fsp3) is 0.381. The van der Waals surface area contributed by atoms with Crippen LogP contribution in [0.5, 0.6) is 0 Å². The molecular weight excluding hydrogens is 296 g/mol. The van der Waals surface area contributed by atoms with E-state index < -0.39 is 0 Å². The number of primary amides is 1. The van der Waals surface area contributed by atoms with E-state index >= 15 is 0 Å². The summed E-state index contributed by atoms with van der Waals surface area (Å²) in [6.45, 7) is 2.39. The van der Waals surface area contributed by atoms with Gasteiger partial charge in [-0.1, -0.05) is 18.2 Å². The van der Waals surface area contributed by atoms with Crippen LogP contribution in [-0.4, -0.2) is 19.0 Å². The zero-order chi connectivity index (χ0) is 16.5. The molecule has 0 unspecified atom stereocenters. The molecule has 24 heavy (non-hydrogen) atoms. The lowest BCUT2D eigenvalue weighted by molar-refractivity contribution is 0.1000. The molecule has 0 spiro atoms. The van der Waals surface area contributed by atoms with Gasteiger partial charge in [-0.3, -0.25) is 4.79 Å². The van der Waals surface area contributed by atoms with Crippen molar-refractivity contribution in [2.75, 3.05) is 18.0 Å². The van der Waals surface area contributed by atoms with Gasteiger partial charge in [-0.05, 0) is 79.0 Å². The topological polar surface area (TPSA) is 46.3 Å². The molecule has 2 aromatic rings. The first-order chi connectivity index (χ1) is 11.7. The van der Waals surface area contributed by atoms with Crippen molar-refractivity contribution in [3.8, 4) is 0 Å². The van der Waals surface area contributed by atoms with Crippen molar-refractivity contribution in [3.63, 3.8) is 0 Å². The third-order valence-electron chi connectivity index (χ3n) is 5.53. The minimum Gasteiger partial charge on any atom is -0.372 e. The smallest absolute Gasteiger partial charge is 0.248 e. The molecule has 2 aliphatic rings. The summed E-state index contributed by atoms with van der Waals surface area (Å²) in [7, 11) is 0. The molecule has 1 atom stereocenters. The Morgan fingerprint density at radius 3 is 2.67 bits per heavy atom. The predicted octanol–water partition coefficient (Wildman–Crippen LogP) is 3.66. The van der Waals surface area contributed by atoms with Crippen molar-refractivity contribution in [2.24, 2.45) is 5.73 Å². The maximum absolute atomic E-state index is 11.4. The van der Waals surface area contributed by atoms with E-state index in [1.165, 1.54) is 48.3 Å². The molecule has 3 nitrogen and oxygen atoms in total. The second kappa shape index (κ2) is 6.31. The van der Waals surface area contributed by atoms with Crippen molar-refractivity contribution in [3.05, 3.63) is 64.7 Å². The first kappa shape index (κ1) is 15.3. The Balaban J connectivity index is 1.55. The molecule has 1 fully saturated rings. The number of aryl methyl sites for hydroxylation is 1. The third kappa shape index (κ3) is 2.91. The Morgan fingerprint density at radius 1 is 1.04 bits per heavy atom. The zero-order valence-corrected chi connectivity index (χ0v) is 14.0. The highest BCUT2D eigenvalue weighted by molar-refractivity contribution is 5.92. The molecule has 0 aromatic heterocycles. The Labute approximate surface area is 143 Å². The van der Waals surface area contributed by atoms with Gasteiger partial charge in [-0.15, -0.1) is 0 Å². The van der Waals surface area contributed by atoms with Gasteiger partial charge in [-0.2, -0.15) is 0 Å². The van der Waals surface area contributed by atoms with Gasteiger partial charge < -0.3 is 10.6 Å². The summed E-state index contributed by atoms with van der Waals surface area (Å²) in [6.07, 6.45) is 5.93. The maximum atomic E-state index is 11.4. The van der Waals surface area contributed by atoms with E-state index in [-0.39, 0.29) is 5.91 Å². The number of hydrogen-bond acceptors (Lipinski definition) is 2. The van der Waals surface area contributed by atoms with Crippen LogP contribution in [0, 0.1) is 0 Å². The summed E-state index contributed by atoms with van der Waals surface area (Å²) < 4.78 is 0. The van der Waals surface area contributed by atoms with Gasteiger partial charge in [-0.25, -0.2) is 0 Å². The van der Waals surface area contributed by atoms with Crippen molar-refractivity contribution in [1.82, 2.24) is 0 Å². The van der Waals surface area contributed by atoms with Crippen molar-refractivity contribution in [1.29, 1.82) is 0 Å². The molecule has 3 heteroatoms. The number of nitrogens with two attached hydrogens (primary N) is 1. The Hall–Kier alpha value is -2.29. The summed E-state index contributed by atoms with van der Waals surface area (Å²) in [4.78, 5) is 13.9. The summed E-state index contributed by atoms with van der Waals surface area (Å²) in [5.74, 6) is 0.137. The van der Waals surface area contributed by atoms with Crippen molar-refractivity contribution >= 4 is 11.6 Å². The normalized spacial score (nSPS) is 20.0. The van der Waals surface area contributed by atoms with Crippen LogP contribution >= 0.6 is 0 Å². The second-order valence-corrected chi connectivity index (χ2v) is 7.08. The number of hydrogen-bond donors (Lipinski definition) is 1. The van der Waals surface area contributed by atoms with Gasteiger partial charge in [0, 0.05) is 24.3 Å². The highest BCUT2D eigenvalue weighted by atomic mass is 16.1. The van der Waals surface area contributed by atoms with E-state index in [2.05, 4.69) is 29.2 Å². The number of carbonyl (C=O) groups excluding carboxylic acids is 1. The van der Waals surface area contributed by atoms with Crippen LogP contribution in [-0.2, 0) is 12.8 Å². The largest absolute Gasteiger partial charge is 0.372 e. The van der Waals surface area contributed by atoms with Crippen LogP contribution in [0.2, 0.25) is 0 Å². The molecule has 2 aromatic carbocycles. The van der Waals surface area contributed by atoms with E-state index in [1.54, 1.807) is 6.07 Å². The van der Waals surface area contributed by atoms with Gasteiger partial charge in [0.25, 0.3) is 0 Å². The molecule has 0 saturated carbocycles. The average molecular weight is 320 g/mol. The maximum Gasteiger partial charge on any atom is 0.248 e. The molecule has 1 aliphatic carbocycles. The lowest BCUT2D eigenvalue weighted by Crippen LogP contribution is -2.19. The Bertz CT molecular complexity index is 762. The molecular formula is C21H24N2O. The number of carbonyl (C=O) groups is 1.